The molecule has 5 aliphatic rings. The Morgan fingerprint density at radius 1 is 1.05 bits per heavy atom. The van der Waals surface area contributed by atoms with E-state index in [9.17, 15) is 14.7 Å². The van der Waals surface area contributed by atoms with Crippen molar-refractivity contribution in [3.8, 4) is 0 Å². The highest BCUT2D eigenvalue weighted by atomic mass is 16.7. The number of carbonyl (C=O) groups excluding carboxylic acids is 2. The second-order valence-electron chi connectivity index (χ2n) is 14.3. The maximum Gasteiger partial charge on any atom is 0.340 e. The zero-order chi connectivity index (χ0) is 30.5. The van der Waals surface area contributed by atoms with Crippen LogP contribution in [0.5, 0.6) is 0 Å². The fraction of sp³-hybridized carbons (Fsp3) is 0.500. The van der Waals surface area contributed by atoms with Crippen LogP contribution in [0.4, 0.5) is 11.4 Å². The predicted molar refractivity (Wildman–Crippen MR) is 163 cm³/mol. The van der Waals surface area contributed by atoms with E-state index >= 15 is 0 Å². The first-order valence-corrected chi connectivity index (χ1v) is 15.4. The van der Waals surface area contributed by atoms with Crippen molar-refractivity contribution >= 4 is 23.1 Å². The molecule has 3 fully saturated rings. The van der Waals surface area contributed by atoms with Crippen LogP contribution in [-0.4, -0.2) is 47.1 Å². The highest BCUT2D eigenvalue weighted by Gasteiger charge is 2.77. The molecule has 7 nitrogen and oxygen atoms in total. The third kappa shape index (κ3) is 3.97. The molecule has 2 N–H and O–H groups in total. The molecule has 1 saturated heterocycles. The van der Waals surface area contributed by atoms with E-state index in [2.05, 4.69) is 26.1 Å². The van der Waals surface area contributed by atoms with Gasteiger partial charge in [0.1, 0.15) is 6.10 Å². The Labute approximate surface area is 253 Å². The van der Waals surface area contributed by atoms with Crippen molar-refractivity contribution in [3.63, 3.8) is 0 Å². The summed E-state index contributed by atoms with van der Waals surface area (Å²) in [5.74, 6) is -1.62. The first-order valence-electron chi connectivity index (χ1n) is 15.4. The highest BCUT2D eigenvalue weighted by Crippen LogP contribution is 2.72. The number of esters is 1. The van der Waals surface area contributed by atoms with Crippen LogP contribution >= 0.6 is 0 Å². The van der Waals surface area contributed by atoms with Gasteiger partial charge in [0.15, 0.2) is 23.3 Å². The number of carbonyl (C=O) groups is 2. The summed E-state index contributed by atoms with van der Waals surface area (Å²) in [5, 5.41) is 16.6. The lowest BCUT2D eigenvalue weighted by Gasteiger charge is -2.52. The lowest BCUT2D eigenvalue weighted by Crippen LogP contribution is -2.68. The zero-order valence-electron chi connectivity index (χ0n) is 25.7. The summed E-state index contributed by atoms with van der Waals surface area (Å²) in [6.07, 6.45) is 2.74. The zero-order valence-corrected chi connectivity index (χ0v) is 25.7. The van der Waals surface area contributed by atoms with E-state index in [1.54, 1.807) is 12.1 Å². The number of nitrogens with one attached hydrogen (secondary N) is 1. The lowest BCUT2D eigenvalue weighted by atomic mass is 9.59. The number of hydrogen-bond donors (Lipinski definition) is 2. The molecule has 8 atom stereocenters. The summed E-state index contributed by atoms with van der Waals surface area (Å²) in [4.78, 5) is 28.9. The molecule has 8 unspecified atom stereocenters. The summed E-state index contributed by atoms with van der Waals surface area (Å²) in [6.45, 7) is 12.3. The van der Waals surface area contributed by atoms with Gasteiger partial charge in [-0.15, -0.1) is 0 Å². The first-order chi connectivity index (χ1) is 20.3. The van der Waals surface area contributed by atoms with Gasteiger partial charge in [0, 0.05) is 11.6 Å². The van der Waals surface area contributed by atoms with Crippen molar-refractivity contribution in [3.05, 3.63) is 83.5 Å². The maximum absolute atomic E-state index is 14.9. The Balaban J connectivity index is 1.32. The number of ether oxygens (including phenoxy) is 3. The van der Waals surface area contributed by atoms with Crippen molar-refractivity contribution in [2.75, 3.05) is 11.9 Å². The average molecular weight is 584 g/mol. The quantitative estimate of drug-likeness (QED) is 0.326. The van der Waals surface area contributed by atoms with Crippen molar-refractivity contribution in [2.45, 2.75) is 71.6 Å². The fourth-order valence-corrected chi connectivity index (χ4v) is 8.92. The minimum atomic E-state index is -1.85. The third-order valence-electron chi connectivity index (χ3n) is 11.1. The minimum absolute atomic E-state index is 0.00655. The van der Waals surface area contributed by atoms with E-state index < -0.39 is 35.0 Å². The average Bonchev–Trinajstić information content (AvgIpc) is 3.46. The molecular formula is C36H41NO6. The summed E-state index contributed by atoms with van der Waals surface area (Å²) in [6, 6.07) is 16.8. The van der Waals surface area contributed by atoms with Crippen LogP contribution in [0.15, 0.2) is 77.9 Å². The van der Waals surface area contributed by atoms with Crippen LogP contribution in [0, 0.1) is 34.5 Å². The van der Waals surface area contributed by atoms with Crippen molar-refractivity contribution < 1.29 is 28.9 Å². The monoisotopic (exact) mass is 583 g/mol. The molecule has 2 aromatic carbocycles. The Bertz CT molecular complexity index is 1560. The standard InChI is InChI=1S/C36H41NO6/c1-20-18-35-21(2)16-26-28(33(26,3)4)25(29(35)38)17-22-19-41-34(5,6)43-31(22)36(35,40)30(20)42-32(39)24-14-10-11-15-27(24)37-23-12-8-7-9-13-23/h7-15,17-18,21,25-26,28,30-31,37,40H,16,19H2,1-6H3. The van der Waals surface area contributed by atoms with Crippen LogP contribution in [0.2, 0.25) is 0 Å². The van der Waals surface area contributed by atoms with E-state index in [1.165, 1.54) is 0 Å². The molecule has 7 rings (SSSR count). The van der Waals surface area contributed by atoms with E-state index in [-0.39, 0.29) is 35.6 Å². The molecule has 2 bridgehead atoms. The van der Waals surface area contributed by atoms with Crippen LogP contribution < -0.4 is 5.32 Å². The van der Waals surface area contributed by atoms with E-state index in [1.807, 2.05) is 75.4 Å². The third-order valence-corrected chi connectivity index (χ3v) is 11.1. The summed E-state index contributed by atoms with van der Waals surface area (Å²) in [7, 11) is 0. The number of ketones is 1. The largest absolute Gasteiger partial charge is 0.451 e. The smallest absolute Gasteiger partial charge is 0.340 e. The van der Waals surface area contributed by atoms with Gasteiger partial charge in [-0.1, -0.05) is 63.3 Å². The number of benzene rings is 2. The number of rotatable bonds is 4. The van der Waals surface area contributed by atoms with Crippen molar-refractivity contribution in [1.29, 1.82) is 0 Å². The maximum atomic E-state index is 14.9. The van der Waals surface area contributed by atoms with Gasteiger partial charge in [-0.25, -0.2) is 4.79 Å². The number of anilines is 2. The molecule has 4 aliphatic carbocycles. The topological polar surface area (TPSA) is 94.1 Å². The van der Waals surface area contributed by atoms with Gasteiger partial charge < -0.3 is 24.6 Å². The molecule has 0 radical (unpaired) electrons. The number of Topliss-reactive ketones (excluding diaryl/α,β-unsaturated/α-hetero) is 1. The highest BCUT2D eigenvalue weighted by molar-refractivity contribution is 5.98. The molecule has 1 aliphatic heterocycles. The minimum Gasteiger partial charge on any atom is -0.451 e. The Hall–Kier alpha value is -3.26. The van der Waals surface area contributed by atoms with Crippen LogP contribution in [0.1, 0.15) is 58.3 Å². The van der Waals surface area contributed by atoms with Gasteiger partial charge >= 0.3 is 5.97 Å². The van der Waals surface area contributed by atoms with Crippen LogP contribution in [0.25, 0.3) is 0 Å². The van der Waals surface area contributed by atoms with Gasteiger partial charge in [-0.3, -0.25) is 4.79 Å². The Kier molecular flexibility index (Phi) is 6.21. The molecule has 7 heteroatoms. The predicted octanol–water partition coefficient (Wildman–Crippen LogP) is 6.22. The van der Waals surface area contributed by atoms with Crippen LogP contribution in [0.3, 0.4) is 0 Å². The molecule has 1 heterocycles. The molecule has 226 valence electrons. The molecular weight excluding hydrogens is 542 g/mol. The first kappa shape index (κ1) is 28.5. The van der Waals surface area contributed by atoms with E-state index in [0.717, 1.165) is 17.7 Å². The normalized spacial score (nSPS) is 38.3. The number of hydrogen-bond acceptors (Lipinski definition) is 7. The molecule has 1 spiro atoms. The number of fused-ring (bicyclic) bond motifs is 5. The Morgan fingerprint density at radius 3 is 2.49 bits per heavy atom. The number of allylic oxidation sites excluding steroid dienone is 1. The molecule has 2 aromatic rings. The molecule has 2 saturated carbocycles. The molecule has 43 heavy (non-hydrogen) atoms. The number of para-hydroxylation sites is 2. The number of aliphatic hydroxyl groups is 1. The van der Waals surface area contributed by atoms with E-state index in [4.69, 9.17) is 14.2 Å². The summed E-state index contributed by atoms with van der Waals surface area (Å²) < 4.78 is 19.0. The van der Waals surface area contributed by atoms with Crippen molar-refractivity contribution in [1.82, 2.24) is 0 Å². The van der Waals surface area contributed by atoms with Gasteiger partial charge in [-0.2, -0.15) is 0 Å². The van der Waals surface area contributed by atoms with Gasteiger partial charge in [0.2, 0.25) is 0 Å². The molecule has 0 aromatic heterocycles. The van der Waals surface area contributed by atoms with Gasteiger partial charge in [0.05, 0.1) is 23.3 Å². The fourth-order valence-electron chi connectivity index (χ4n) is 8.92. The van der Waals surface area contributed by atoms with Gasteiger partial charge in [-0.05, 0) is 85.8 Å². The van der Waals surface area contributed by atoms with Crippen molar-refractivity contribution in [2.24, 2.45) is 34.5 Å². The second-order valence-corrected chi connectivity index (χ2v) is 14.3. The SMILES string of the molecule is CC1=CC23C(=O)C(C=C4COC(C)(C)OC4C2(O)C1OC(=O)c1ccccc1Nc1ccccc1)C1C(CC3C)C1(C)C. The van der Waals surface area contributed by atoms with Crippen LogP contribution in [-0.2, 0) is 19.0 Å². The summed E-state index contributed by atoms with van der Waals surface area (Å²) in [5.41, 5.74) is 0.0505. The summed E-state index contributed by atoms with van der Waals surface area (Å²) >= 11 is 0. The van der Waals surface area contributed by atoms with E-state index in [0.29, 0.717) is 22.7 Å². The Morgan fingerprint density at radius 2 is 1.74 bits per heavy atom. The second kappa shape index (κ2) is 9.37. The molecule has 0 amide bonds. The lowest BCUT2D eigenvalue weighted by molar-refractivity contribution is -0.302. The van der Waals surface area contributed by atoms with Gasteiger partial charge in [0.25, 0.3) is 0 Å².